The summed E-state index contributed by atoms with van der Waals surface area (Å²) in [4.78, 5) is 0. The van der Waals surface area contributed by atoms with Crippen molar-refractivity contribution in [3.05, 3.63) is 0 Å². The Bertz CT molecular complexity index is 57.9. The lowest BCUT2D eigenvalue weighted by molar-refractivity contribution is 0.317. The van der Waals surface area contributed by atoms with Crippen LogP contribution in [0.2, 0.25) is 0 Å². The smallest absolute Gasteiger partial charge is 0.0877 e. The minimum absolute atomic E-state index is 0.944. The van der Waals surface area contributed by atoms with Crippen LogP contribution in [0.3, 0.4) is 0 Å². The quantitative estimate of drug-likeness (QED) is 0.267. The van der Waals surface area contributed by atoms with Gasteiger partial charge in [0.1, 0.15) is 0 Å². The summed E-state index contributed by atoms with van der Waals surface area (Å²) in [7, 11) is 0. The summed E-state index contributed by atoms with van der Waals surface area (Å²) in [5, 5.41) is 20.1. The Kier molecular flexibility index (Phi) is 3.24. The lowest BCUT2D eigenvalue weighted by Gasteiger charge is -1.62. The Hall–Kier alpha value is -1.06. The Morgan fingerprint density at radius 3 is 1.50 bits per heavy atom. The molecule has 0 radical (unpaired) electrons. The predicted octanol–water partition coefficient (Wildman–Crippen LogP) is -0.0936. The van der Waals surface area contributed by atoms with E-state index in [1.54, 1.807) is 0 Å². The van der Waals surface area contributed by atoms with Crippen LogP contribution in [0, 0.1) is 0 Å². The predicted molar refractivity (Wildman–Crippen MR) is 20.6 cm³/mol. The van der Waals surface area contributed by atoms with Gasteiger partial charge >= 0.3 is 0 Å². The molecule has 0 aliphatic heterocycles. The van der Waals surface area contributed by atoms with Crippen LogP contribution in [0.15, 0.2) is 10.3 Å². The zero-order valence-corrected chi connectivity index (χ0v) is 2.94. The maximum atomic E-state index is 7.56. The van der Waals surface area contributed by atoms with Crippen LogP contribution >= 0.6 is 0 Å². The van der Waals surface area contributed by atoms with E-state index in [2.05, 4.69) is 10.3 Å². The SMILES string of the molecule is ON=C/C=N/O. The molecule has 0 aromatic heterocycles. The summed E-state index contributed by atoms with van der Waals surface area (Å²) in [6, 6.07) is 0. The van der Waals surface area contributed by atoms with Crippen molar-refractivity contribution in [2.45, 2.75) is 0 Å². The number of nitrogens with zero attached hydrogens (tertiary/aromatic N) is 2. The first-order chi connectivity index (χ1) is 2.91. The maximum absolute atomic E-state index is 7.56. The average Bonchev–Trinajstić information content (AvgIpc) is 1.61. The van der Waals surface area contributed by atoms with E-state index >= 15 is 0 Å². The Morgan fingerprint density at radius 1 is 1.00 bits per heavy atom. The summed E-state index contributed by atoms with van der Waals surface area (Å²) in [6.07, 6.45) is 1.89. The van der Waals surface area contributed by atoms with E-state index in [-0.39, 0.29) is 0 Å². The molecule has 0 aromatic carbocycles. The van der Waals surface area contributed by atoms with Gasteiger partial charge in [-0.2, -0.15) is 0 Å². The fraction of sp³-hybridized carbons (Fsp3) is 0. The third kappa shape index (κ3) is 2.94. The van der Waals surface area contributed by atoms with Crippen LogP contribution in [-0.4, -0.2) is 22.8 Å². The number of rotatable bonds is 1. The first kappa shape index (κ1) is 4.94. The summed E-state index contributed by atoms with van der Waals surface area (Å²) >= 11 is 0. The van der Waals surface area contributed by atoms with E-state index in [1.807, 2.05) is 0 Å². The molecular formula is C2H4N2O2. The lowest BCUT2D eigenvalue weighted by Crippen LogP contribution is -1.70. The summed E-state index contributed by atoms with van der Waals surface area (Å²) < 4.78 is 0. The van der Waals surface area contributed by atoms with Crippen molar-refractivity contribution < 1.29 is 10.4 Å². The Morgan fingerprint density at radius 2 is 1.33 bits per heavy atom. The van der Waals surface area contributed by atoms with Crippen molar-refractivity contribution in [3.63, 3.8) is 0 Å². The molecule has 0 heterocycles. The molecule has 0 fully saturated rings. The van der Waals surface area contributed by atoms with Crippen molar-refractivity contribution in [2.24, 2.45) is 10.3 Å². The fourth-order valence-electron chi connectivity index (χ4n) is 0.0596. The Labute approximate surface area is 34.4 Å². The van der Waals surface area contributed by atoms with Gasteiger partial charge in [0.05, 0.1) is 12.4 Å². The molecule has 4 heteroatoms. The van der Waals surface area contributed by atoms with Gasteiger partial charge in [-0.05, 0) is 0 Å². The molecule has 0 rings (SSSR count). The second kappa shape index (κ2) is 3.94. The molecule has 4 nitrogen and oxygen atoms in total. The minimum atomic E-state index is 0.944. The maximum Gasteiger partial charge on any atom is 0.0877 e. The van der Waals surface area contributed by atoms with Crippen LogP contribution in [-0.2, 0) is 0 Å². The van der Waals surface area contributed by atoms with E-state index in [1.165, 1.54) is 0 Å². The number of hydrogen-bond acceptors (Lipinski definition) is 4. The van der Waals surface area contributed by atoms with Gasteiger partial charge in [0.15, 0.2) is 0 Å². The third-order valence-corrected chi connectivity index (χ3v) is 0.200. The highest BCUT2D eigenvalue weighted by Gasteiger charge is 1.54. The van der Waals surface area contributed by atoms with Crippen LogP contribution in [0.1, 0.15) is 0 Å². The molecule has 2 N–H and O–H groups in total. The Balaban J connectivity index is 3.07. The van der Waals surface area contributed by atoms with E-state index in [9.17, 15) is 0 Å². The van der Waals surface area contributed by atoms with Crippen LogP contribution in [0.4, 0.5) is 0 Å². The van der Waals surface area contributed by atoms with Gasteiger partial charge in [0.2, 0.25) is 0 Å². The minimum Gasteiger partial charge on any atom is -0.411 e. The molecule has 0 aliphatic carbocycles. The van der Waals surface area contributed by atoms with Gasteiger partial charge < -0.3 is 10.4 Å². The van der Waals surface area contributed by atoms with E-state index < -0.39 is 0 Å². The van der Waals surface area contributed by atoms with E-state index in [4.69, 9.17) is 10.4 Å². The molecule has 0 aromatic rings. The molecule has 0 spiro atoms. The van der Waals surface area contributed by atoms with Gasteiger partial charge in [-0.3, -0.25) is 0 Å². The molecule has 34 valence electrons. The average molecular weight is 88.1 g/mol. The molecule has 6 heavy (non-hydrogen) atoms. The van der Waals surface area contributed by atoms with Crippen LogP contribution in [0.25, 0.3) is 0 Å². The highest BCUT2D eigenvalue weighted by atomic mass is 16.4. The fourth-order valence-corrected chi connectivity index (χ4v) is 0.0596. The second-order valence-corrected chi connectivity index (χ2v) is 0.529. The third-order valence-electron chi connectivity index (χ3n) is 0.200. The zero-order valence-electron chi connectivity index (χ0n) is 2.94. The monoisotopic (exact) mass is 88.0 g/mol. The van der Waals surface area contributed by atoms with Crippen molar-refractivity contribution in [2.75, 3.05) is 0 Å². The molecule has 0 unspecified atom stereocenters. The van der Waals surface area contributed by atoms with Crippen molar-refractivity contribution in [1.29, 1.82) is 0 Å². The molecule has 0 saturated carbocycles. The molecule has 0 atom stereocenters. The molecule has 0 amide bonds. The highest BCUT2D eigenvalue weighted by molar-refractivity contribution is 6.15. The largest absolute Gasteiger partial charge is 0.411 e. The van der Waals surface area contributed by atoms with Gasteiger partial charge in [-0.1, -0.05) is 10.3 Å². The standard InChI is InChI=1S/C2H4N2O2/c5-3-1-2-4-6/h1-2,5-6H/b3-1+,4-2?. The first-order valence-electron chi connectivity index (χ1n) is 1.25. The van der Waals surface area contributed by atoms with Gasteiger partial charge in [0.25, 0.3) is 0 Å². The summed E-state index contributed by atoms with van der Waals surface area (Å²) in [6.45, 7) is 0. The zero-order chi connectivity index (χ0) is 4.83. The number of hydrogen-bond donors (Lipinski definition) is 2. The molecule has 0 saturated heterocycles. The number of oxime groups is 2. The van der Waals surface area contributed by atoms with Gasteiger partial charge in [-0.25, -0.2) is 0 Å². The highest BCUT2D eigenvalue weighted by Crippen LogP contribution is 1.45. The first-order valence-corrected chi connectivity index (χ1v) is 1.25. The molecular weight excluding hydrogens is 84.0 g/mol. The second-order valence-electron chi connectivity index (χ2n) is 0.529. The van der Waals surface area contributed by atoms with Gasteiger partial charge in [0, 0.05) is 0 Å². The van der Waals surface area contributed by atoms with Crippen LogP contribution in [0.5, 0.6) is 0 Å². The topological polar surface area (TPSA) is 65.2 Å². The summed E-state index contributed by atoms with van der Waals surface area (Å²) in [5.41, 5.74) is 0. The molecule has 0 bridgehead atoms. The van der Waals surface area contributed by atoms with Crippen molar-refractivity contribution >= 4 is 12.4 Å². The lowest BCUT2D eigenvalue weighted by atomic mass is 10.8. The van der Waals surface area contributed by atoms with Gasteiger partial charge in [-0.15, -0.1) is 0 Å². The normalized spacial score (nSPS) is 11.3. The molecule has 0 aliphatic rings. The van der Waals surface area contributed by atoms with E-state index in [0.717, 1.165) is 12.4 Å². The van der Waals surface area contributed by atoms with Crippen molar-refractivity contribution in [3.8, 4) is 0 Å². The van der Waals surface area contributed by atoms with E-state index in [0.29, 0.717) is 0 Å². The summed E-state index contributed by atoms with van der Waals surface area (Å²) in [5.74, 6) is 0. The van der Waals surface area contributed by atoms with Crippen molar-refractivity contribution in [1.82, 2.24) is 0 Å². The van der Waals surface area contributed by atoms with Crippen LogP contribution < -0.4 is 0 Å².